The normalized spacial score (nSPS) is 21.2. The Morgan fingerprint density at radius 2 is 0.889 bits per heavy atom. The van der Waals surface area contributed by atoms with Crippen molar-refractivity contribution in [3.05, 3.63) is 202 Å². The van der Waals surface area contributed by atoms with Crippen LogP contribution in [0.3, 0.4) is 0 Å². The molecular formula is C62H73BrN6O12. The lowest BCUT2D eigenvalue weighted by atomic mass is 9.82. The van der Waals surface area contributed by atoms with Gasteiger partial charge in [0.2, 0.25) is 11.6 Å². The summed E-state index contributed by atoms with van der Waals surface area (Å²) in [5.74, 6) is 0.0947. The molecule has 0 spiro atoms. The van der Waals surface area contributed by atoms with Gasteiger partial charge in [-0.05, 0) is 71.8 Å². The molecule has 0 unspecified atom stereocenters. The lowest BCUT2D eigenvalue weighted by molar-refractivity contribution is -0.938. The van der Waals surface area contributed by atoms with Crippen LogP contribution in [-0.4, -0.2) is 120 Å². The third kappa shape index (κ3) is 17.9. The van der Waals surface area contributed by atoms with E-state index in [1.54, 1.807) is 24.3 Å². The van der Waals surface area contributed by atoms with E-state index in [0.29, 0.717) is 57.9 Å². The summed E-state index contributed by atoms with van der Waals surface area (Å²) in [5, 5.41) is 32.8. The topological polar surface area (TPSA) is 257 Å². The highest BCUT2D eigenvalue weighted by atomic mass is 79.9. The molecule has 19 heteroatoms. The Labute approximate surface area is 484 Å². The number of esters is 2. The number of carbonyl (C=O) groups is 6. The number of Topliss-reactive ketones (excluding diaryl/α,β-unsaturated/α-hetero) is 2. The number of anilines is 3. The van der Waals surface area contributed by atoms with E-state index in [0.717, 1.165) is 74.4 Å². The fourth-order valence-electron chi connectivity index (χ4n) is 11.1. The van der Waals surface area contributed by atoms with Gasteiger partial charge in [-0.1, -0.05) is 112 Å². The van der Waals surface area contributed by atoms with Crippen LogP contribution in [0.5, 0.6) is 0 Å². The smallest absolute Gasteiger partial charge is 0.333 e. The Morgan fingerprint density at radius 1 is 0.580 bits per heavy atom. The quantitative estimate of drug-likeness (QED) is 0.0165. The molecule has 6 aliphatic heterocycles. The number of nitrogens with zero attached hydrogens (tertiary/aromatic N) is 3. The third-order valence-electron chi connectivity index (χ3n) is 15.1. The first kappa shape index (κ1) is 65.3. The molecule has 6 saturated heterocycles. The van der Waals surface area contributed by atoms with Crippen molar-refractivity contribution in [2.24, 2.45) is 11.8 Å². The zero-order chi connectivity index (χ0) is 55.5. The zero-order valence-corrected chi connectivity index (χ0v) is 45.1. The van der Waals surface area contributed by atoms with Crippen LogP contribution in [0.15, 0.2) is 170 Å². The Bertz CT molecular complexity index is 2920. The highest BCUT2D eigenvalue weighted by Gasteiger charge is 2.50. The number of hydrogen-bond acceptors (Lipinski definition) is 14. The summed E-state index contributed by atoms with van der Waals surface area (Å²) in [5.41, 5.74) is 10.9. The molecule has 4 bridgehead atoms. The molecule has 0 saturated carbocycles. The second kappa shape index (κ2) is 31.5. The van der Waals surface area contributed by atoms with E-state index in [-0.39, 0.29) is 85.6 Å². The highest BCUT2D eigenvalue weighted by Crippen LogP contribution is 2.39. The van der Waals surface area contributed by atoms with E-state index in [1.165, 1.54) is 24.3 Å². The van der Waals surface area contributed by atoms with Gasteiger partial charge >= 0.3 is 11.9 Å². The van der Waals surface area contributed by atoms with Gasteiger partial charge in [0.15, 0.2) is 24.3 Å². The number of halogens is 1. The Morgan fingerprint density at radius 3 is 1.21 bits per heavy atom. The highest BCUT2D eigenvalue weighted by molar-refractivity contribution is 5.97. The zero-order valence-electron chi connectivity index (χ0n) is 43.5. The largest absolute Gasteiger partial charge is 1.00 e. The molecule has 18 nitrogen and oxygen atoms in total. The van der Waals surface area contributed by atoms with Crippen LogP contribution in [0.4, 0.5) is 22.7 Å². The number of ketones is 2. The van der Waals surface area contributed by atoms with Gasteiger partial charge in [-0.15, -0.1) is 0 Å². The second-order valence-electron chi connectivity index (χ2n) is 20.1. The molecule has 81 heavy (non-hydrogen) atoms. The predicted octanol–water partition coefficient (Wildman–Crippen LogP) is 5.58. The van der Waals surface area contributed by atoms with E-state index in [9.17, 15) is 29.3 Å². The van der Waals surface area contributed by atoms with Gasteiger partial charge in [-0.3, -0.25) is 24.5 Å². The summed E-state index contributed by atoms with van der Waals surface area (Å²) >= 11 is 0. The van der Waals surface area contributed by atoms with E-state index < -0.39 is 23.5 Å². The standard InChI is InChI=1S/C29H30N3O5.C29H31N3O3.2CH2O2.2CH4.BrH/c33-26(21-11-13-25(14-12-21)31(35)36)19-32-17-15-22(16-18-32)27(20-32)37-29(34)28(23-7-3-1-4-8-23)30-24-9-5-2-6-10-24;30-24-13-11-21(12-14-24)26(33)19-32-17-15-22(16-18-32)27(20-32)35-29(34)28(23-7-3-1-4-8-23)31-25-9-5-2-6-10-25;2*2-1-3;;;/h1-14,22,27-28,30H,15-20H2;1-14,22,27-28,31H,15-20H2,(H-,30,33);2*1H,(H,2,3);2*1H4;1H/q+1;;;;;;/p-1/t2*22?,27-,28+,32?;;;;;/m00...../s1. The number of fused-ring (bicyclic) bond motifs is 6. The molecule has 4 atom stereocenters. The van der Waals surface area contributed by atoms with Crippen LogP contribution >= 0.6 is 0 Å². The number of non-ortho nitro benzene ring substituents is 1. The minimum atomic E-state index is -0.644. The molecule has 6 aromatic rings. The van der Waals surface area contributed by atoms with Crippen molar-refractivity contribution < 1.29 is 79.3 Å². The van der Waals surface area contributed by atoms with Gasteiger partial charge in [0.05, 0.1) is 31.1 Å². The Hall–Kier alpha value is -8.26. The van der Waals surface area contributed by atoms with Gasteiger partial charge in [0.1, 0.15) is 26.2 Å². The van der Waals surface area contributed by atoms with E-state index in [1.807, 2.05) is 121 Å². The van der Waals surface area contributed by atoms with Crippen molar-refractivity contribution in [2.75, 3.05) is 68.7 Å². The molecular weight excluding hydrogens is 1100 g/mol. The number of para-hydroxylation sites is 2. The number of carbonyl (C=O) groups excluding carboxylic acids is 5. The number of nitrogens with two attached hydrogens (primary N) is 1. The van der Waals surface area contributed by atoms with Gasteiger partial charge < -0.3 is 66.8 Å². The fourth-order valence-corrected chi connectivity index (χ4v) is 11.1. The number of quaternary nitrogens is 2. The second-order valence-corrected chi connectivity index (χ2v) is 20.1. The maximum Gasteiger partial charge on any atom is 0.333 e. The summed E-state index contributed by atoms with van der Waals surface area (Å²) in [4.78, 5) is 80.2. The molecule has 0 radical (unpaired) electrons. The molecule has 6 aliphatic rings. The van der Waals surface area contributed by atoms with Crippen LogP contribution in [0, 0.1) is 22.0 Å². The summed E-state index contributed by atoms with van der Waals surface area (Å²) in [6, 6.07) is 50.2. The third-order valence-corrected chi connectivity index (χ3v) is 15.1. The first-order valence-electron chi connectivity index (χ1n) is 25.9. The Balaban J connectivity index is 0.000000308. The molecule has 12 rings (SSSR count). The lowest BCUT2D eigenvalue weighted by Gasteiger charge is -2.51. The number of hydrogen-bond donors (Lipinski definition) is 4. The van der Waals surface area contributed by atoms with Gasteiger partial charge in [0.25, 0.3) is 12.2 Å². The van der Waals surface area contributed by atoms with E-state index >= 15 is 0 Å². The van der Waals surface area contributed by atoms with Crippen molar-refractivity contribution in [3.8, 4) is 0 Å². The number of nitro groups is 1. The van der Waals surface area contributed by atoms with Crippen LogP contribution in [0.1, 0.15) is 84.5 Å². The Kier molecular flexibility index (Phi) is 25.4. The number of nitrogens with one attached hydrogen (secondary N) is 2. The summed E-state index contributed by atoms with van der Waals surface area (Å²) in [7, 11) is 0. The van der Waals surface area contributed by atoms with E-state index in [2.05, 4.69) is 10.6 Å². The average molecular weight is 1170 g/mol. The molecule has 0 aromatic heterocycles. The SMILES string of the molecule is C.C.Nc1ccc(C(=O)C[N+]23CCC(CC2)[C@@H](OC(=O)[C@H](Nc2ccccc2)c2ccccc2)C3)cc1.O=C(C[N+]12CCC(CC1)[C@@H](OC(=O)[C@H](Nc1ccccc1)c1ccccc1)C2)c1ccc([N+](=O)[O-])cc1.O=CO.O=C[O-].[Br-]. The van der Waals surface area contributed by atoms with Crippen molar-refractivity contribution in [1.82, 2.24) is 0 Å². The maximum absolute atomic E-state index is 13.5. The van der Waals surface area contributed by atoms with E-state index in [4.69, 9.17) is 35.0 Å². The van der Waals surface area contributed by atoms with Crippen LogP contribution in [-0.2, 0) is 28.7 Å². The number of nitrogen functional groups attached to an aromatic ring is 1. The van der Waals surface area contributed by atoms with Crippen molar-refractivity contribution in [3.63, 3.8) is 0 Å². The molecule has 0 amide bonds. The number of nitro benzene ring substituents is 1. The summed E-state index contributed by atoms with van der Waals surface area (Å²) in [6.45, 7) is 4.88. The summed E-state index contributed by atoms with van der Waals surface area (Å²) < 4.78 is 13.6. The first-order chi connectivity index (χ1) is 37.8. The maximum atomic E-state index is 13.5. The number of rotatable bonds is 17. The van der Waals surface area contributed by atoms with Crippen molar-refractivity contribution >= 4 is 59.2 Å². The predicted molar refractivity (Wildman–Crippen MR) is 304 cm³/mol. The van der Waals surface area contributed by atoms with Crippen molar-refractivity contribution in [1.29, 1.82) is 0 Å². The summed E-state index contributed by atoms with van der Waals surface area (Å²) in [6.07, 6.45) is 3.28. The van der Waals surface area contributed by atoms with Crippen LogP contribution in [0.25, 0.3) is 0 Å². The number of ether oxygens (including phenoxy) is 2. The monoisotopic (exact) mass is 1170 g/mol. The average Bonchev–Trinajstić information content (AvgIpc) is 3.51. The minimum Gasteiger partial charge on any atom is -1.00 e. The van der Waals surface area contributed by atoms with Crippen LogP contribution in [0.2, 0.25) is 0 Å². The van der Waals surface area contributed by atoms with Crippen LogP contribution < -0.4 is 38.5 Å². The van der Waals surface area contributed by atoms with Crippen molar-refractivity contribution in [2.45, 2.75) is 64.8 Å². The molecule has 6 fully saturated rings. The molecule has 6 aromatic carbocycles. The minimum absolute atomic E-state index is 0. The first-order valence-corrected chi connectivity index (χ1v) is 25.9. The van der Waals surface area contributed by atoms with Gasteiger partial charge in [-0.25, -0.2) is 9.59 Å². The fraction of sp³-hybridized carbons (Fsp3) is 0.323. The molecule has 430 valence electrons. The molecule has 6 heterocycles. The lowest BCUT2D eigenvalue weighted by Crippen LogP contribution is -3.00. The number of benzene rings is 6. The number of carboxylic acid groups (broad SMARTS) is 2. The molecule has 5 N–H and O–H groups in total. The molecule has 0 aliphatic carbocycles. The van der Waals surface area contributed by atoms with Gasteiger partial charge in [-0.2, -0.15) is 0 Å². The number of piperidine rings is 6. The van der Waals surface area contributed by atoms with Gasteiger partial charge in [0, 0.05) is 84.3 Å².